The summed E-state index contributed by atoms with van der Waals surface area (Å²) in [6, 6.07) is 19.4. The van der Waals surface area contributed by atoms with Crippen LogP contribution in [0.25, 0.3) is 40.1 Å². The Kier molecular flexibility index (Phi) is 5.69. The van der Waals surface area contributed by atoms with E-state index in [0.29, 0.717) is 49.9 Å². The zero-order chi connectivity index (χ0) is 22.8. The van der Waals surface area contributed by atoms with Gasteiger partial charge in [-0.3, -0.25) is 4.79 Å². The molecule has 33 heavy (non-hydrogen) atoms. The van der Waals surface area contributed by atoms with Crippen molar-refractivity contribution in [3.05, 3.63) is 94.8 Å². The zero-order valence-corrected chi connectivity index (χ0v) is 18.5. The van der Waals surface area contributed by atoms with E-state index in [4.69, 9.17) is 32.0 Å². The maximum absolute atomic E-state index is 12.3. The molecule has 3 aromatic heterocycles. The molecule has 0 spiro atoms. The van der Waals surface area contributed by atoms with E-state index >= 15 is 0 Å². The van der Waals surface area contributed by atoms with Crippen molar-refractivity contribution < 1.29 is 13.6 Å². The monoisotopic (exact) mass is 475 g/mol. The third-order valence-electron chi connectivity index (χ3n) is 4.78. The molecule has 0 bridgehead atoms. The number of amides is 1. The molecule has 0 aliphatic carbocycles. The maximum Gasteiger partial charge on any atom is 0.248 e. The molecule has 6 nitrogen and oxygen atoms in total. The van der Waals surface area contributed by atoms with Crippen LogP contribution >= 0.6 is 23.2 Å². The number of fused-ring (bicyclic) bond motifs is 1. The summed E-state index contributed by atoms with van der Waals surface area (Å²) < 4.78 is 11.5. The Morgan fingerprint density at radius 1 is 0.970 bits per heavy atom. The highest BCUT2D eigenvalue weighted by molar-refractivity contribution is 6.35. The van der Waals surface area contributed by atoms with Crippen molar-refractivity contribution in [2.75, 3.05) is 5.32 Å². The van der Waals surface area contributed by atoms with Crippen LogP contribution in [0.1, 0.15) is 5.76 Å². The quantitative estimate of drug-likeness (QED) is 0.274. The van der Waals surface area contributed by atoms with Gasteiger partial charge in [-0.1, -0.05) is 23.2 Å². The molecule has 0 aliphatic rings. The second-order valence-corrected chi connectivity index (χ2v) is 7.91. The van der Waals surface area contributed by atoms with E-state index in [9.17, 15) is 4.79 Å². The number of aromatic nitrogens is 2. The minimum absolute atomic E-state index is 0.299. The number of nitrogens with one attached hydrogen (secondary N) is 1. The largest absolute Gasteiger partial charge is 0.457 e. The number of nitrogens with zero attached hydrogens (tertiary/aromatic N) is 2. The van der Waals surface area contributed by atoms with Crippen LogP contribution in [0.15, 0.2) is 87.8 Å². The zero-order valence-electron chi connectivity index (χ0n) is 17.0. The summed E-state index contributed by atoms with van der Waals surface area (Å²) in [5.41, 5.74) is 3.27. The molecule has 0 radical (unpaired) electrons. The van der Waals surface area contributed by atoms with Gasteiger partial charge in [-0.05, 0) is 72.8 Å². The standard InChI is InChI=1S/C25H15Cl2N3O3/c26-16-5-10-20(27)19(14-16)21-11-8-18(32-21)9-12-23(31)29-17-6-3-15(4-7-17)25-30-24-22(33-25)2-1-13-28-24/h1-14H,(H,29,31)/b12-9+. The van der Waals surface area contributed by atoms with Crippen LogP contribution < -0.4 is 5.32 Å². The van der Waals surface area contributed by atoms with Crippen LogP contribution in [0, 0.1) is 0 Å². The van der Waals surface area contributed by atoms with Gasteiger partial charge in [0.1, 0.15) is 11.5 Å². The molecule has 3 heterocycles. The number of benzene rings is 2. The Morgan fingerprint density at radius 3 is 2.64 bits per heavy atom. The van der Waals surface area contributed by atoms with E-state index in [0.717, 1.165) is 5.56 Å². The Balaban J connectivity index is 1.25. The molecule has 0 unspecified atom stereocenters. The Hall–Kier alpha value is -3.87. The second-order valence-electron chi connectivity index (χ2n) is 7.07. The fourth-order valence-corrected chi connectivity index (χ4v) is 3.59. The number of hydrogen-bond donors (Lipinski definition) is 1. The van der Waals surface area contributed by atoms with Crippen LogP contribution in [-0.4, -0.2) is 15.9 Å². The summed E-state index contributed by atoms with van der Waals surface area (Å²) in [7, 11) is 0. The Bertz CT molecular complexity index is 1450. The summed E-state index contributed by atoms with van der Waals surface area (Å²) >= 11 is 12.3. The summed E-state index contributed by atoms with van der Waals surface area (Å²) in [4.78, 5) is 20.9. The number of hydrogen-bond acceptors (Lipinski definition) is 5. The van der Waals surface area contributed by atoms with Crippen LogP contribution in [0.2, 0.25) is 10.0 Å². The molecular formula is C25H15Cl2N3O3. The molecular weight excluding hydrogens is 461 g/mol. The van der Waals surface area contributed by atoms with Gasteiger partial charge in [-0.2, -0.15) is 4.98 Å². The highest BCUT2D eigenvalue weighted by Gasteiger charge is 2.10. The van der Waals surface area contributed by atoms with Gasteiger partial charge in [0.15, 0.2) is 11.2 Å². The van der Waals surface area contributed by atoms with E-state index < -0.39 is 0 Å². The molecule has 1 amide bonds. The van der Waals surface area contributed by atoms with Crippen molar-refractivity contribution in [3.8, 4) is 22.8 Å². The predicted octanol–water partition coefficient (Wildman–Crippen LogP) is 7.11. The van der Waals surface area contributed by atoms with E-state index in [-0.39, 0.29) is 5.91 Å². The first kappa shape index (κ1) is 21.0. The molecule has 1 N–H and O–H groups in total. The first-order chi connectivity index (χ1) is 16.0. The molecule has 162 valence electrons. The van der Waals surface area contributed by atoms with Crippen molar-refractivity contribution >= 4 is 52.1 Å². The van der Waals surface area contributed by atoms with E-state index in [1.807, 2.05) is 18.2 Å². The molecule has 0 saturated heterocycles. The average Bonchev–Trinajstić information content (AvgIpc) is 3.47. The Labute approximate surface area is 198 Å². The fourth-order valence-electron chi connectivity index (χ4n) is 3.20. The van der Waals surface area contributed by atoms with Crippen LogP contribution in [0.3, 0.4) is 0 Å². The van der Waals surface area contributed by atoms with Gasteiger partial charge in [0.05, 0.1) is 5.02 Å². The topological polar surface area (TPSA) is 81.2 Å². The van der Waals surface area contributed by atoms with Crippen molar-refractivity contribution in [3.63, 3.8) is 0 Å². The van der Waals surface area contributed by atoms with Crippen LogP contribution in [0.4, 0.5) is 5.69 Å². The van der Waals surface area contributed by atoms with Crippen molar-refractivity contribution in [2.24, 2.45) is 0 Å². The highest BCUT2D eigenvalue weighted by atomic mass is 35.5. The summed E-state index contributed by atoms with van der Waals surface area (Å²) in [6.45, 7) is 0. The van der Waals surface area contributed by atoms with Crippen molar-refractivity contribution in [2.45, 2.75) is 0 Å². The number of oxazole rings is 1. The second kappa shape index (κ2) is 8.94. The first-order valence-corrected chi connectivity index (χ1v) is 10.7. The minimum Gasteiger partial charge on any atom is -0.457 e. The molecule has 5 aromatic rings. The molecule has 0 atom stereocenters. The number of carbonyl (C=O) groups is 1. The highest BCUT2D eigenvalue weighted by Crippen LogP contribution is 2.32. The third-order valence-corrected chi connectivity index (χ3v) is 5.35. The summed E-state index contributed by atoms with van der Waals surface area (Å²) in [5.74, 6) is 1.24. The van der Waals surface area contributed by atoms with Crippen LogP contribution in [-0.2, 0) is 4.79 Å². The van der Waals surface area contributed by atoms with E-state index in [1.54, 1.807) is 60.8 Å². The number of anilines is 1. The molecule has 0 saturated carbocycles. The van der Waals surface area contributed by atoms with Crippen molar-refractivity contribution in [1.82, 2.24) is 9.97 Å². The lowest BCUT2D eigenvalue weighted by Gasteiger charge is -2.03. The molecule has 2 aromatic carbocycles. The van der Waals surface area contributed by atoms with Gasteiger partial charge in [-0.15, -0.1) is 0 Å². The normalized spacial score (nSPS) is 11.3. The van der Waals surface area contributed by atoms with Crippen LogP contribution in [0.5, 0.6) is 0 Å². The third kappa shape index (κ3) is 4.67. The van der Waals surface area contributed by atoms with Gasteiger partial charge in [0.25, 0.3) is 0 Å². The predicted molar refractivity (Wildman–Crippen MR) is 129 cm³/mol. The lowest BCUT2D eigenvalue weighted by atomic mass is 10.2. The lowest BCUT2D eigenvalue weighted by molar-refractivity contribution is -0.111. The van der Waals surface area contributed by atoms with Gasteiger partial charge in [-0.25, -0.2) is 4.98 Å². The van der Waals surface area contributed by atoms with Gasteiger partial charge >= 0.3 is 0 Å². The molecule has 0 aliphatic heterocycles. The smallest absolute Gasteiger partial charge is 0.248 e. The van der Waals surface area contributed by atoms with Gasteiger partial charge in [0.2, 0.25) is 11.8 Å². The maximum atomic E-state index is 12.3. The lowest BCUT2D eigenvalue weighted by Crippen LogP contribution is -2.07. The fraction of sp³-hybridized carbons (Fsp3) is 0. The number of carbonyl (C=O) groups excluding carboxylic acids is 1. The average molecular weight is 476 g/mol. The molecule has 5 rings (SSSR count). The SMILES string of the molecule is O=C(/C=C/c1ccc(-c2cc(Cl)ccc2Cl)o1)Nc1ccc(-c2nc3ncccc3o2)cc1. The number of rotatable bonds is 5. The molecule has 0 fully saturated rings. The van der Waals surface area contributed by atoms with Crippen molar-refractivity contribution in [1.29, 1.82) is 0 Å². The first-order valence-electron chi connectivity index (χ1n) is 9.91. The van der Waals surface area contributed by atoms with E-state index in [2.05, 4.69) is 15.3 Å². The number of halogens is 2. The number of pyridine rings is 1. The van der Waals surface area contributed by atoms with E-state index in [1.165, 1.54) is 6.08 Å². The number of furan rings is 1. The molecule has 8 heteroatoms. The van der Waals surface area contributed by atoms with Gasteiger partial charge in [0, 0.05) is 34.1 Å². The minimum atomic E-state index is -0.299. The summed E-state index contributed by atoms with van der Waals surface area (Å²) in [6.07, 6.45) is 4.64. The Morgan fingerprint density at radius 2 is 1.82 bits per heavy atom. The summed E-state index contributed by atoms with van der Waals surface area (Å²) in [5, 5.41) is 3.89. The van der Waals surface area contributed by atoms with Gasteiger partial charge < -0.3 is 14.2 Å².